The fourth-order valence-electron chi connectivity index (χ4n) is 2.32. The molecule has 1 N–H and O–H groups in total. The molecule has 94 valence electrons. The van der Waals surface area contributed by atoms with Gasteiger partial charge in [-0.2, -0.15) is 0 Å². The number of halogens is 1. The van der Waals surface area contributed by atoms with Gasteiger partial charge in [0.1, 0.15) is 4.88 Å². The molecule has 0 atom stereocenters. The minimum atomic E-state index is -0.672. The van der Waals surface area contributed by atoms with Crippen LogP contribution in [-0.2, 0) is 0 Å². The van der Waals surface area contributed by atoms with Gasteiger partial charge in [-0.25, -0.2) is 0 Å². The van der Waals surface area contributed by atoms with Crippen molar-refractivity contribution in [3.63, 3.8) is 0 Å². The van der Waals surface area contributed by atoms with Crippen molar-refractivity contribution in [3.05, 3.63) is 20.8 Å². The summed E-state index contributed by atoms with van der Waals surface area (Å²) >= 11 is 4.78. The third-order valence-corrected chi connectivity index (χ3v) is 5.05. The summed E-state index contributed by atoms with van der Waals surface area (Å²) in [7, 11) is 1.75. The largest absolute Gasteiger partial charge is 0.388 e. The standard InChI is InChI=1S/C12H16BrNO2S/c1-14(8-12(16)5-2-3-6-12)11(15)10-9(13)4-7-17-10/h4,7,16H,2-3,5-6,8H2,1H3. The van der Waals surface area contributed by atoms with E-state index in [1.165, 1.54) is 11.3 Å². The highest BCUT2D eigenvalue weighted by atomic mass is 79.9. The average molecular weight is 318 g/mol. The van der Waals surface area contributed by atoms with E-state index in [-0.39, 0.29) is 5.91 Å². The molecule has 1 saturated carbocycles. The Bertz CT molecular complexity index is 412. The van der Waals surface area contributed by atoms with Gasteiger partial charge < -0.3 is 10.0 Å². The van der Waals surface area contributed by atoms with Gasteiger partial charge in [0.05, 0.1) is 5.60 Å². The molecule has 0 spiro atoms. The SMILES string of the molecule is CN(CC1(O)CCCC1)C(=O)c1sccc1Br. The maximum absolute atomic E-state index is 12.2. The van der Waals surface area contributed by atoms with Crippen molar-refractivity contribution in [2.24, 2.45) is 0 Å². The van der Waals surface area contributed by atoms with Crippen LogP contribution < -0.4 is 0 Å². The zero-order valence-electron chi connectivity index (χ0n) is 9.78. The Labute approximate surface area is 114 Å². The first-order valence-electron chi connectivity index (χ1n) is 5.73. The first-order chi connectivity index (χ1) is 8.02. The number of carbonyl (C=O) groups is 1. The topological polar surface area (TPSA) is 40.5 Å². The number of carbonyl (C=O) groups excluding carboxylic acids is 1. The number of amides is 1. The van der Waals surface area contributed by atoms with Crippen LogP contribution in [0.4, 0.5) is 0 Å². The zero-order valence-corrected chi connectivity index (χ0v) is 12.2. The van der Waals surface area contributed by atoms with E-state index < -0.39 is 5.60 Å². The molecule has 0 aromatic carbocycles. The van der Waals surface area contributed by atoms with E-state index in [2.05, 4.69) is 15.9 Å². The van der Waals surface area contributed by atoms with Crippen molar-refractivity contribution < 1.29 is 9.90 Å². The second-order valence-electron chi connectivity index (χ2n) is 4.69. The van der Waals surface area contributed by atoms with Crippen LogP contribution in [0.1, 0.15) is 35.4 Å². The summed E-state index contributed by atoms with van der Waals surface area (Å²) in [6.07, 6.45) is 3.72. The van der Waals surface area contributed by atoms with E-state index in [9.17, 15) is 9.90 Å². The van der Waals surface area contributed by atoms with E-state index >= 15 is 0 Å². The van der Waals surface area contributed by atoms with Crippen LogP contribution in [0.3, 0.4) is 0 Å². The van der Waals surface area contributed by atoms with Crippen molar-refractivity contribution in [1.82, 2.24) is 4.90 Å². The predicted molar refractivity (Wildman–Crippen MR) is 72.4 cm³/mol. The van der Waals surface area contributed by atoms with Crippen LogP contribution in [0.5, 0.6) is 0 Å². The minimum absolute atomic E-state index is 0.0211. The molecule has 1 heterocycles. The summed E-state index contributed by atoms with van der Waals surface area (Å²) in [5.41, 5.74) is -0.672. The second kappa shape index (κ2) is 5.08. The lowest BCUT2D eigenvalue weighted by Crippen LogP contribution is -2.41. The van der Waals surface area contributed by atoms with Gasteiger partial charge in [0.25, 0.3) is 5.91 Å². The summed E-state index contributed by atoms with van der Waals surface area (Å²) in [5.74, 6) is -0.0211. The first kappa shape index (κ1) is 13.1. The highest BCUT2D eigenvalue weighted by Gasteiger charge is 2.33. The number of nitrogens with zero attached hydrogens (tertiary/aromatic N) is 1. The molecule has 5 heteroatoms. The highest BCUT2D eigenvalue weighted by Crippen LogP contribution is 2.31. The van der Waals surface area contributed by atoms with E-state index in [1.807, 2.05) is 11.4 Å². The molecule has 0 radical (unpaired) electrons. The van der Waals surface area contributed by atoms with E-state index in [0.717, 1.165) is 30.2 Å². The fourth-order valence-corrected chi connectivity index (χ4v) is 3.86. The van der Waals surface area contributed by atoms with Gasteiger partial charge in [0.15, 0.2) is 0 Å². The van der Waals surface area contributed by atoms with Crippen LogP contribution >= 0.6 is 27.3 Å². The molecule has 1 aliphatic rings. The van der Waals surface area contributed by atoms with Crippen LogP contribution in [0.15, 0.2) is 15.9 Å². The van der Waals surface area contributed by atoms with Crippen molar-refractivity contribution in [1.29, 1.82) is 0 Å². The second-order valence-corrected chi connectivity index (χ2v) is 6.46. The summed E-state index contributed by atoms with van der Waals surface area (Å²) < 4.78 is 0.831. The van der Waals surface area contributed by atoms with Crippen molar-refractivity contribution in [3.8, 4) is 0 Å². The summed E-state index contributed by atoms with van der Waals surface area (Å²) in [6, 6.07) is 1.87. The molecule has 0 aliphatic heterocycles. The third-order valence-electron chi connectivity index (χ3n) is 3.22. The van der Waals surface area contributed by atoms with Crippen molar-refractivity contribution >= 4 is 33.2 Å². The summed E-state index contributed by atoms with van der Waals surface area (Å²) in [6.45, 7) is 0.427. The molecule has 0 saturated heterocycles. The van der Waals surface area contributed by atoms with Crippen molar-refractivity contribution in [2.75, 3.05) is 13.6 Å². The maximum atomic E-state index is 12.2. The molecule has 0 bridgehead atoms. The molecule has 17 heavy (non-hydrogen) atoms. The quantitative estimate of drug-likeness (QED) is 0.931. The Balaban J connectivity index is 2.03. The Hall–Kier alpha value is -0.390. The van der Waals surface area contributed by atoms with E-state index in [0.29, 0.717) is 11.4 Å². The lowest BCUT2D eigenvalue weighted by Gasteiger charge is -2.28. The van der Waals surface area contributed by atoms with Gasteiger partial charge in [-0.3, -0.25) is 4.79 Å². The Kier molecular flexibility index (Phi) is 3.90. The number of likely N-dealkylation sites (N-methyl/N-ethyl adjacent to an activating group) is 1. The Morgan fingerprint density at radius 2 is 2.24 bits per heavy atom. The number of hydrogen-bond donors (Lipinski definition) is 1. The molecule has 1 amide bonds. The lowest BCUT2D eigenvalue weighted by atomic mass is 10.0. The molecular formula is C12H16BrNO2S. The Morgan fingerprint density at radius 3 is 2.76 bits per heavy atom. The molecular weight excluding hydrogens is 302 g/mol. The number of thiophene rings is 1. The van der Waals surface area contributed by atoms with Gasteiger partial charge in [0, 0.05) is 18.1 Å². The summed E-state index contributed by atoms with van der Waals surface area (Å²) in [5, 5.41) is 12.2. The van der Waals surface area contributed by atoms with Gasteiger partial charge in [0.2, 0.25) is 0 Å². The average Bonchev–Trinajstić information content (AvgIpc) is 2.86. The zero-order chi connectivity index (χ0) is 12.5. The molecule has 1 aliphatic carbocycles. The van der Waals surface area contributed by atoms with Crippen LogP contribution in [0, 0.1) is 0 Å². The predicted octanol–water partition coefficient (Wildman–Crippen LogP) is 2.89. The van der Waals surface area contributed by atoms with Gasteiger partial charge in [-0.15, -0.1) is 11.3 Å². The number of aliphatic hydroxyl groups is 1. The highest BCUT2D eigenvalue weighted by molar-refractivity contribution is 9.10. The maximum Gasteiger partial charge on any atom is 0.264 e. The Morgan fingerprint density at radius 1 is 1.59 bits per heavy atom. The van der Waals surface area contributed by atoms with Crippen LogP contribution in [0.25, 0.3) is 0 Å². The molecule has 1 fully saturated rings. The molecule has 1 aromatic rings. The summed E-state index contributed by atoms with van der Waals surface area (Å²) in [4.78, 5) is 14.5. The smallest absolute Gasteiger partial charge is 0.264 e. The van der Waals surface area contributed by atoms with Gasteiger partial charge in [-0.1, -0.05) is 12.8 Å². The third kappa shape index (κ3) is 2.89. The molecule has 2 rings (SSSR count). The molecule has 0 unspecified atom stereocenters. The van der Waals surface area contributed by atoms with Gasteiger partial charge in [-0.05, 0) is 40.2 Å². The normalized spacial score (nSPS) is 18.3. The van der Waals surface area contributed by atoms with Crippen LogP contribution in [0.2, 0.25) is 0 Å². The fraction of sp³-hybridized carbons (Fsp3) is 0.583. The number of rotatable bonds is 3. The van der Waals surface area contributed by atoms with E-state index in [1.54, 1.807) is 11.9 Å². The minimum Gasteiger partial charge on any atom is -0.388 e. The van der Waals surface area contributed by atoms with Crippen molar-refractivity contribution in [2.45, 2.75) is 31.3 Å². The van der Waals surface area contributed by atoms with Gasteiger partial charge >= 0.3 is 0 Å². The number of hydrogen-bond acceptors (Lipinski definition) is 3. The lowest BCUT2D eigenvalue weighted by molar-refractivity contribution is 0.0158. The molecule has 1 aromatic heterocycles. The molecule has 3 nitrogen and oxygen atoms in total. The monoisotopic (exact) mass is 317 g/mol. The van der Waals surface area contributed by atoms with Crippen LogP contribution in [-0.4, -0.2) is 35.1 Å². The first-order valence-corrected chi connectivity index (χ1v) is 7.40. The van der Waals surface area contributed by atoms with E-state index in [4.69, 9.17) is 0 Å².